The fourth-order valence-corrected chi connectivity index (χ4v) is 3.45. The summed E-state index contributed by atoms with van der Waals surface area (Å²) in [6.45, 7) is 7.67. The van der Waals surface area contributed by atoms with Gasteiger partial charge in [0.2, 0.25) is 5.95 Å². The van der Waals surface area contributed by atoms with Crippen LogP contribution in [0.3, 0.4) is 0 Å². The number of aromatic nitrogens is 2. The molecule has 1 aromatic heterocycles. The maximum atomic E-state index is 5.73. The van der Waals surface area contributed by atoms with Gasteiger partial charge in [0, 0.05) is 25.3 Å². The molecule has 1 aliphatic heterocycles. The van der Waals surface area contributed by atoms with Gasteiger partial charge < -0.3 is 11.1 Å². The number of nitrogens with zero attached hydrogens (tertiary/aromatic N) is 3. The largest absolute Gasteiger partial charge is 0.384 e. The summed E-state index contributed by atoms with van der Waals surface area (Å²) in [5, 5.41) is 3.42. The Morgan fingerprint density at radius 1 is 1.20 bits per heavy atom. The second-order valence-electron chi connectivity index (χ2n) is 7.44. The van der Waals surface area contributed by atoms with E-state index in [1.807, 2.05) is 0 Å². The van der Waals surface area contributed by atoms with Crippen LogP contribution in [0.15, 0.2) is 36.5 Å². The van der Waals surface area contributed by atoms with E-state index < -0.39 is 0 Å². The Bertz CT molecular complexity index is 668. The highest BCUT2D eigenvalue weighted by molar-refractivity contribution is 5.35. The van der Waals surface area contributed by atoms with Crippen LogP contribution in [-0.4, -0.2) is 34.0 Å². The highest BCUT2D eigenvalue weighted by Gasteiger charge is 2.20. The van der Waals surface area contributed by atoms with E-state index in [0.717, 1.165) is 32.5 Å². The van der Waals surface area contributed by atoms with Crippen LogP contribution in [0.1, 0.15) is 37.8 Å². The van der Waals surface area contributed by atoms with E-state index in [4.69, 9.17) is 5.73 Å². The van der Waals surface area contributed by atoms with Crippen LogP contribution < -0.4 is 11.1 Å². The van der Waals surface area contributed by atoms with Crippen LogP contribution in [-0.2, 0) is 13.0 Å². The third-order valence-corrected chi connectivity index (χ3v) is 4.59. The van der Waals surface area contributed by atoms with Gasteiger partial charge in [-0.1, -0.05) is 38.1 Å². The molecule has 3 N–H and O–H groups in total. The SMILES string of the molecule is CC(C)Cc1ccc(CN2CCC[C@H](Nc3nccc(N)n3)C2)cc1. The lowest BCUT2D eigenvalue weighted by molar-refractivity contribution is 0.208. The average Bonchev–Trinajstić information content (AvgIpc) is 2.57. The summed E-state index contributed by atoms with van der Waals surface area (Å²) in [6, 6.07) is 11.2. The maximum Gasteiger partial charge on any atom is 0.224 e. The molecule has 1 saturated heterocycles. The molecule has 1 aromatic carbocycles. The summed E-state index contributed by atoms with van der Waals surface area (Å²) < 4.78 is 0. The summed E-state index contributed by atoms with van der Waals surface area (Å²) in [5.41, 5.74) is 8.54. The summed E-state index contributed by atoms with van der Waals surface area (Å²) in [4.78, 5) is 11.0. The first-order valence-electron chi connectivity index (χ1n) is 9.23. The number of hydrogen-bond donors (Lipinski definition) is 2. The van der Waals surface area contributed by atoms with E-state index in [0.29, 0.717) is 23.7 Å². The van der Waals surface area contributed by atoms with Crippen LogP contribution >= 0.6 is 0 Å². The normalized spacial score (nSPS) is 18.4. The van der Waals surface area contributed by atoms with E-state index in [1.165, 1.54) is 17.5 Å². The van der Waals surface area contributed by atoms with Gasteiger partial charge in [-0.25, -0.2) is 4.98 Å². The first-order chi connectivity index (χ1) is 12.1. The first-order valence-corrected chi connectivity index (χ1v) is 9.23. The standard InChI is InChI=1S/C20H29N5/c1-15(2)12-16-5-7-17(8-6-16)13-25-11-3-4-18(14-25)23-20-22-10-9-19(21)24-20/h5-10,15,18H,3-4,11-14H2,1-2H3,(H3,21,22,23,24)/t18-/m0/s1. The first kappa shape index (κ1) is 17.7. The quantitative estimate of drug-likeness (QED) is 0.845. The number of nitrogen functional groups attached to an aromatic ring is 1. The second-order valence-corrected chi connectivity index (χ2v) is 7.44. The Balaban J connectivity index is 1.54. The molecule has 1 aliphatic rings. The molecule has 2 heterocycles. The Labute approximate surface area is 150 Å². The number of nitrogens with two attached hydrogens (primary N) is 1. The number of piperidine rings is 1. The van der Waals surface area contributed by atoms with E-state index in [9.17, 15) is 0 Å². The molecule has 0 spiro atoms. The zero-order valence-corrected chi connectivity index (χ0v) is 15.3. The predicted octanol–water partition coefficient (Wildman–Crippen LogP) is 3.33. The van der Waals surface area contributed by atoms with Crippen molar-refractivity contribution in [1.29, 1.82) is 0 Å². The lowest BCUT2D eigenvalue weighted by atomic mass is 10.0. The molecule has 0 saturated carbocycles. The van der Waals surface area contributed by atoms with Gasteiger partial charge in [0.15, 0.2) is 0 Å². The summed E-state index contributed by atoms with van der Waals surface area (Å²) in [5.74, 6) is 1.84. The smallest absolute Gasteiger partial charge is 0.224 e. The number of nitrogens with one attached hydrogen (secondary N) is 1. The van der Waals surface area contributed by atoms with Crippen molar-refractivity contribution < 1.29 is 0 Å². The van der Waals surface area contributed by atoms with Crippen LogP contribution in [0, 0.1) is 5.92 Å². The van der Waals surface area contributed by atoms with Gasteiger partial charge in [-0.3, -0.25) is 4.90 Å². The minimum absolute atomic E-state index is 0.371. The molecule has 0 aliphatic carbocycles. The second kappa shape index (κ2) is 8.30. The Kier molecular flexibility index (Phi) is 5.87. The van der Waals surface area contributed by atoms with Gasteiger partial charge in [-0.2, -0.15) is 4.98 Å². The monoisotopic (exact) mass is 339 g/mol. The van der Waals surface area contributed by atoms with Crippen molar-refractivity contribution in [3.05, 3.63) is 47.7 Å². The fourth-order valence-electron chi connectivity index (χ4n) is 3.45. The highest BCUT2D eigenvalue weighted by atomic mass is 15.2. The molecule has 0 amide bonds. The summed E-state index contributed by atoms with van der Waals surface area (Å²) >= 11 is 0. The van der Waals surface area contributed by atoms with Gasteiger partial charge >= 0.3 is 0 Å². The highest BCUT2D eigenvalue weighted by Crippen LogP contribution is 2.17. The van der Waals surface area contributed by atoms with Gasteiger partial charge in [-0.15, -0.1) is 0 Å². The van der Waals surface area contributed by atoms with Crippen molar-refractivity contribution in [3.8, 4) is 0 Å². The number of hydrogen-bond acceptors (Lipinski definition) is 5. The summed E-state index contributed by atoms with van der Waals surface area (Å²) in [7, 11) is 0. The predicted molar refractivity (Wildman–Crippen MR) is 103 cm³/mol. The fraction of sp³-hybridized carbons (Fsp3) is 0.500. The molecule has 1 fully saturated rings. The van der Waals surface area contributed by atoms with E-state index >= 15 is 0 Å². The third-order valence-electron chi connectivity index (χ3n) is 4.59. The van der Waals surface area contributed by atoms with Gasteiger partial charge in [-0.05, 0) is 48.9 Å². The van der Waals surface area contributed by atoms with Crippen LogP contribution in [0.2, 0.25) is 0 Å². The minimum atomic E-state index is 0.371. The molecule has 0 bridgehead atoms. The molecule has 0 unspecified atom stereocenters. The molecule has 134 valence electrons. The lowest BCUT2D eigenvalue weighted by Gasteiger charge is -2.33. The maximum absolute atomic E-state index is 5.73. The Morgan fingerprint density at radius 3 is 2.68 bits per heavy atom. The van der Waals surface area contributed by atoms with Crippen molar-refractivity contribution in [2.45, 2.75) is 45.7 Å². The number of likely N-dealkylation sites (tertiary alicyclic amines) is 1. The van der Waals surface area contributed by atoms with Gasteiger partial charge in [0.05, 0.1) is 0 Å². The molecule has 25 heavy (non-hydrogen) atoms. The molecule has 1 atom stereocenters. The van der Waals surface area contributed by atoms with Gasteiger partial charge in [0.1, 0.15) is 5.82 Å². The van der Waals surface area contributed by atoms with Crippen molar-refractivity contribution >= 4 is 11.8 Å². The third kappa shape index (κ3) is 5.43. The van der Waals surface area contributed by atoms with Crippen molar-refractivity contribution in [2.75, 3.05) is 24.1 Å². The van der Waals surface area contributed by atoms with Crippen LogP contribution in [0.4, 0.5) is 11.8 Å². The molecular weight excluding hydrogens is 310 g/mol. The number of rotatable bonds is 6. The topological polar surface area (TPSA) is 67.1 Å². The zero-order valence-electron chi connectivity index (χ0n) is 15.3. The molecule has 5 heteroatoms. The molecule has 0 radical (unpaired) electrons. The van der Waals surface area contributed by atoms with E-state index in [2.05, 4.69) is 58.3 Å². The molecule has 5 nitrogen and oxygen atoms in total. The summed E-state index contributed by atoms with van der Waals surface area (Å²) in [6.07, 6.45) is 5.17. The minimum Gasteiger partial charge on any atom is -0.384 e. The number of anilines is 2. The molecule has 3 rings (SSSR count). The zero-order chi connectivity index (χ0) is 17.6. The lowest BCUT2D eigenvalue weighted by Crippen LogP contribution is -2.41. The molecular formula is C20H29N5. The van der Waals surface area contributed by atoms with Gasteiger partial charge in [0.25, 0.3) is 0 Å². The Morgan fingerprint density at radius 2 is 1.96 bits per heavy atom. The average molecular weight is 339 g/mol. The van der Waals surface area contributed by atoms with E-state index in [-0.39, 0.29) is 0 Å². The molecule has 2 aromatic rings. The van der Waals surface area contributed by atoms with Crippen LogP contribution in [0.25, 0.3) is 0 Å². The Hall–Kier alpha value is -2.14. The van der Waals surface area contributed by atoms with Crippen LogP contribution in [0.5, 0.6) is 0 Å². The van der Waals surface area contributed by atoms with Crippen molar-refractivity contribution in [3.63, 3.8) is 0 Å². The number of benzene rings is 1. The van der Waals surface area contributed by atoms with E-state index in [1.54, 1.807) is 12.3 Å². The van der Waals surface area contributed by atoms with Crippen molar-refractivity contribution in [1.82, 2.24) is 14.9 Å². The van der Waals surface area contributed by atoms with Crippen molar-refractivity contribution in [2.24, 2.45) is 5.92 Å².